The van der Waals surface area contributed by atoms with Gasteiger partial charge in [-0.05, 0) is 67.0 Å². The molecule has 0 atom stereocenters. The van der Waals surface area contributed by atoms with E-state index in [-0.39, 0.29) is 5.56 Å². The molecule has 5 aromatic rings. The Labute approximate surface area is 192 Å². The van der Waals surface area contributed by atoms with Crippen LogP contribution in [0.2, 0.25) is 0 Å². The van der Waals surface area contributed by atoms with E-state index in [0.29, 0.717) is 5.82 Å². The first-order chi connectivity index (χ1) is 15.8. The monoisotopic (exact) mass is 456 g/mol. The normalized spacial score (nSPS) is 13.8. The fourth-order valence-corrected chi connectivity index (χ4v) is 6.26. The summed E-state index contributed by atoms with van der Waals surface area (Å²) in [5.41, 5.74) is 4.07. The molecule has 5 nitrogen and oxygen atoms in total. The molecule has 0 amide bonds. The van der Waals surface area contributed by atoms with Crippen LogP contribution in [0.5, 0.6) is 0 Å². The molecule has 0 radical (unpaired) electrons. The van der Waals surface area contributed by atoms with Gasteiger partial charge in [-0.25, -0.2) is 9.67 Å². The summed E-state index contributed by atoms with van der Waals surface area (Å²) in [6, 6.07) is 14.2. The molecule has 0 saturated heterocycles. The molecular weight excluding hydrogens is 436 g/mol. The van der Waals surface area contributed by atoms with E-state index in [2.05, 4.69) is 16.4 Å². The highest BCUT2D eigenvalue weighted by atomic mass is 32.1. The topological polar surface area (TPSA) is 63.6 Å². The molecule has 0 aliphatic heterocycles. The summed E-state index contributed by atoms with van der Waals surface area (Å²) in [7, 11) is 0. The lowest BCUT2D eigenvalue weighted by atomic mass is 9.97. The van der Waals surface area contributed by atoms with Crippen LogP contribution < -0.4 is 5.56 Å². The molecule has 0 fully saturated rings. The molecule has 0 bridgehead atoms. The summed E-state index contributed by atoms with van der Waals surface area (Å²) in [5.74, 6) is 0.575. The molecule has 6 rings (SSSR count). The first kappa shape index (κ1) is 19.4. The number of rotatable bonds is 4. The Morgan fingerprint density at radius 2 is 1.91 bits per heavy atom. The third-order valence-corrected chi connectivity index (χ3v) is 7.84. The van der Waals surface area contributed by atoms with Crippen molar-refractivity contribution < 1.29 is 0 Å². The number of para-hydroxylation sites is 1. The number of H-pyrrole nitrogens is 1. The van der Waals surface area contributed by atoms with Gasteiger partial charge < -0.3 is 4.98 Å². The van der Waals surface area contributed by atoms with E-state index in [4.69, 9.17) is 10.1 Å². The maximum absolute atomic E-state index is 12.8. The minimum Gasteiger partial charge on any atom is -0.306 e. The molecule has 4 aromatic heterocycles. The van der Waals surface area contributed by atoms with Crippen molar-refractivity contribution in [1.29, 1.82) is 0 Å². The summed E-state index contributed by atoms with van der Waals surface area (Å²) in [6.45, 7) is 0. The molecule has 1 aliphatic carbocycles. The summed E-state index contributed by atoms with van der Waals surface area (Å²) >= 11 is 3.33. The Morgan fingerprint density at radius 1 is 1.03 bits per heavy atom. The highest BCUT2D eigenvalue weighted by Crippen LogP contribution is 2.34. The molecule has 1 aliphatic rings. The average molecular weight is 457 g/mol. The zero-order valence-electron chi connectivity index (χ0n) is 17.2. The highest BCUT2D eigenvalue weighted by molar-refractivity contribution is 7.18. The zero-order chi connectivity index (χ0) is 21.5. The second kappa shape index (κ2) is 8.00. The Hall–Kier alpha value is -3.29. The Morgan fingerprint density at radius 3 is 2.75 bits per heavy atom. The van der Waals surface area contributed by atoms with Gasteiger partial charge in [-0.2, -0.15) is 5.10 Å². The molecule has 1 N–H and O–H groups in total. The van der Waals surface area contributed by atoms with Crippen molar-refractivity contribution in [3.05, 3.63) is 86.2 Å². The SMILES string of the molecule is O=c1[nH]c(C=Cc2cn(-c3ccccc3)nc2-c2cccs2)nc2sc3c(c12)CCCC3. The molecule has 0 spiro atoms. The average Bonchev–Trinajstić information content (AvgIpc) is 3.56. The number of aromatic amines is 1. The van der Waals surface area contributed by atoms with Gasteiger partial charge in [-0.15, -0.1) is 22.7 Å². The minimum atomic E-state index is -0.0347. The minimum absolute atomic E-state index is 0.0347. The van der Waals surface area contributed by atoms with Crippen molar-refractivity contribution in [3.63, 3.8) is 0 Å². The smallest absolute Gasteiger partial charge is 0.260 e. The van der Waals surface area contributed by atoms with Crippen molar-refractivity contribution in [2.75, 3.05) is 0 Å². The molecule has 32 heavy (non-hydrogen) atoms. The predicted molar refractivity (Wildman–Crippen MR) is 133 cm³/mol. The molecule has 4 heterocycles. The van der Waals surface area contributed by atoms with Crippen LogP contribution in [0.15, 0.2) is 58.8 Å². The lowest BCUT2D eigenvalue weighted by molar-refractivity contribution is 0.700. The number of hydrogen-bond acceptors (Lipinski definition) is 5. The summed E-state index contributed by atoms with van der Waals surface area (Å²) < 4.78 is 1.89. The number of nitrogens with one attached hydrogen (secondary N) is 1. The molecular formula is C25H20N4OS2. The van der Waals surface area contributed by atoms with E-state index in [1.165, 1.54) is 16.9 Å². The second-order valence-corrected chi connectivity index (χ2v) is 9.90. The Bertz CT molecular complexity index is 1490. The van der Waals surface area contributed by atoms with Crippen molar-refractivity contribution >= 4 is 45.0 Å². The summed E-state index contributed by atoms with van der Waals surface area (Å²) in [6.07, 6.45) is 10.3. The van der Waals surface area contributed by atoms with E-state index < -0.39 is 0 Å². The fraction of sp³-hybridized carbons (Fsp3) is 0.160. The van der Waals surface area contributed by atoms with Gasteiger partial charge in [0.25, 0.3) is 5.56 Å². The quantitative estimate of drug-likeness (QED) is 0.364. The second-order valence-electron chi connectivity index (χ2n) is 7.87. The number of nitrogens with zero attached hydrogens (tertiary/aromatic N) is 3. The predicted octanol–water partition coefficient (Wildman–Crippen LogP) is 5.95. The standard InChI is InChI=1S/C25H20N4OS2/c30-24-22-18-9-4-5-10-19(18)32-25(22)27-21(26-24)13-12-16-15-29(17-7-2-1-3-8-17)28-23(16)20-11-6-14-31-20/h1-3,6-8,11-15H,4-5,9-10H2,(H,26,27,30). The van der Waals surface area contributed by atoms with E-state index in [1.807, 2.05) is 59.4 Å². The van der Waals surface area contributed by atoms with Crippen LogP contribution in [0.1, 0.15) is 34.7 Å². The summed E-state index contributed by atoms with van der Waals surface area (Å²) in [4.78, 5) is 23.9. The van der Waals surface area contributed by atoms with E-state index in [0.717, 1.165) is 51.3 Å². The van der Waals surface area contributed by atoms with Gasteiger partial charge in [-0.3, -0.25) is 4.79 Å². The molecule has 1 aromatic carbocycles. The third kappa shape index (κ3) is 3.43. The maximum atomic E-state index is 12.8. The van der Waals surface area contributed by atoms with Crippen LogP contribution in [0, 0.1) is 0 Å². The number of hydrogen-bond donors (Lipinski definition) is 1. The number of fused-ring (bicyclic) bond motifs is 3. The summed E-state index contributed by atoms with van der Waals surface area (Å²) in [5, 5.41) is 7.67. The lowest BCUT2D eigenvalue weighted by Gasteiger charge is -2.09. The first-order valence-electron chi connectivity index (χ1n) is 10.7. The lowest BCUT2D eigenvalue weighted by Crippen LogP contribution is -2.11. The number of benzene rings is 1. The van der Waals surface area contributed by atoms with Crippen LogP contribution in [0.4, 0.5) is 0 Å². The largest absolute Gasteiger partial charge is 0.306 e. The highest BCUT2D eigenvalue weighted by Gasteiger charge is 2.19. The Kier molecular flexibility index (Phi) is 4.85. The van der Waals surface area contributed by atoms with Gasteiger partial charge in [0, 0.05) is 16.6 Å². The molecule has 0 unspecified atom stereocenters. The van der Waals surface area contributed by atoms with Gasteiger partial charge in [0.2, 0.25) is 0 Å². The van der Waals surface area contributed by atoms with Crippen LogP contribution in [-0.4, -0.2) is 19.7 Å². The van der Waals surface area contributed by atoms with Gasteiger partial charge >= 0.3 is 0 Å². The van der Waals surface area contributed by atoms with Crippen LogP contribution in [0.3, 0.4) is 0 Å². The zero-order valence-corrected chi connectivity index (χ0v) is 18.9. The van der Waals surface area contributed by atoms with Gasteiger partial charge in [0.15, 0.2) is 0 Å². The maximum Gasteiger partial charge on any atom is 0.260 e. The van der Waals surface area contributed by atoms with Crippen LogP contribution in [0.25, 0.3) is 38.6 Å². The molecule has 7 heteroatoms. The van der Waals surface area contributed by atoms with Gasteiger partial charge in [-0.1, -0.05) is 24.3 Å². The van der Waals surface area contributed by atoms with E-state index in [9.17, 15) is 4.79 Å². The van der Waals surface area contributed by atoms with Crippen LogP contribution >= 0.6 is 22.7 Å². The van der Waals surface area contributed by atoms with Crippen LogP contribution in [-0.2, 0) is 12.8 Å². The van der Waals surface area contributed by atoms with Gasteiger partial charge in [0.05, 0.1) is 16.0 Å². The Balaban J connectivity index is 1.41. The van der Waals surface area contributed by atoms with Crippen molar-refractivity contribution in [2.45, 2.75) is 25.7 Å². The van der Waals surface area contributed by atoms with Gasteiger partial charge in [0.1, 0.15) is 16.3 Å². The number of aromatic nitrogens is 4. The first-order valence-corrected chi connectivity index (χ1v) is 12.4. The van der Waals surface area contributed by atoms with E-state index in [1.54, 1.807) is 22.7 Å². The van der Waals surface area contributed by atoms with Crippen molar-refractivity contribution in [2.24, 2.45) is 0 Å². The molecule has 158 valence electrons. The third-order valence-electron chi connectivity index (χ3n) is 5.78. The van der Waals surface area contributed by atoms with Crippen molar-refractivity contribution in [3.8, 4) is 16.3 Å². The van der Waals surface area contributed by atoms with Crippen molar-refractivity contribution in [1.82, 2.24) is 19.7 Å². The fourth-order valence-electron chi connectivity index (χ4n) is 4.26. The van der Waals surface area contributed by atoms with E-state index >= 15 is 0 Å². The molecule has 0 saturated carbocycles. The number of aryl methyl sites for hydroxylation is 2. The number of thiophene rings is 2.